The van der Waals surface area contributed by atoms with Gasteiger partial charge < -0.3 is 5.11 Å². The summed E-state index contributed by atoms with van der Waals surface area (Å²) in [4.78, 5) is 30.1. The Bertz CT molecular complexity index is 1420. The highest BCUT2D eigenvalue weighted by Gasteiger charge is 2.21. The number of fused-ring (bicyclic) bond motifs is 4. The van der Waals surface area contributed by atoms with Gasteiger partial charge in [-0.05, 0) is 42.0 Å². The predicted octanol–water partition coefficient (Wildman–Crippen LogP) is 3.99. The Morgan fingerprint density at radius 2 is 2.07 bits per heavy atom. The summed E-state index contributed by atoms with van der Waals surface area (Å²) in [6, 6.07) is 8.30. The van der Waals surface area contributed by atoms with Crippen molar-refractivity contribution in [3.63, 3.8) is 0 Å². The van der Waals surface area contributed by atoms with Crippen LogP contribution < -0.4 is 5.56 Å². The number of aryl methyl sites for hydroxylation is 2. The van der Waals surface area contributed by atoms with Crippen LogP contribution in [0.3, 0.4) is 0 Å². The van der Waals surface area contributed by atoms with Crippen LogP contribution in [-0.4, -0.2) is 25.9 Å². The van der Waals surface area contributed by atoms with Crippen LogP contribution in [-0.2, 0) is 12.8 Å². The third-order valence-corrected chi connectivity index (χ3v) is 6.61. The van der Waals surface area contributed by atoms with E-state index in [0.29, 0.717) is 21.0 Å². The van der Waals surface area contributed by atoms with Crippen LogP contribution in [0.4, 0.5) is 5.69 Å². The molecule has 150 valence electrons. The highest BCUT2D eigenvalue weighted by atomic mass is 32.1. The number of aromatic hydroxyl groups is 1. The molecule has 0 saturated heterocycles. The minimum absolute atomic E-state index is 0.180. The lowest BCUT2D eigenvalue weighted by atomic mass is 9.97. The molecule has 8 nitrogen and oxygen atoms in total. The Balaban J connectivity index is 1.67. The van der Waals surface area contributed by atoms with E-state index in [9.17, 15) is 20.0 Å². The monoisotopic (exact) mass is 420 g/mol. The molecule has 0 radical (unpaired) electrons. The first-order valence-corrected chi connectivity index (χ1v) is 10.3. The molecule has 0 bridgehead atoms. The second-order valence-electron chi connectivity index (χ2n) is 7.17. The van der Waals surface area contributed by atoms with Gasteiger partial charge in [0.1, 0.15) is 11.2 Å². The number of nitro benzene ring substituents is 1. The zero-order valence-electron chi connectivity index (χ0n) is 15.7. The van der Waals surface area contributed by atoms with Gasteiger partial charge in [-0.2, -0.15) is 9.78 Å². The molecule has 0 atom stereocenters. The normalized spacial score (nSPS) is 13.9. The maximum absolute atomic E-state index is 13.1. The van der Waals surface area contributed by atoms with E-state index in [4.69, 9.17) is 0 Å². The molecule has 2 heterocycles. The van der Waals surface area contributed by atoms with Crippen LogP contribution in [0.2, 0.25) is 0 Å². The third-order valence-electron chi connectivity index (χ3n) is 5.41. The summed E-state index contributed by atoms with van der Waals surface area (Å²) in [6.07, 6.45) is 6.61. The minimum atomic E-state index is -0.642. The van der Waals surface area contributed by atoms with Crippen LogP contribution in [0.5, 0.6) is 5.75 Å². The molecule has 0 unspecified atom stereocenters. The molecule has 1 N–H and O–H groups in total. The number of rotatable bonds is 3. The number of benzene rings is 2. The summed E-state index contributed by atoms with van der Waals surface area (Å²) in [5.74, 6) is -0.488. The van der Waals surface area contributed by atoms with Gasteiger partial charge in [0, 0.05) is 10.9 Å². The minimum Gasteiger partial charge on any atom is -0.502 e. The van der Waals surface area contributed by atoms with Gasteiger partial charge in [-0.15, -0.1) is 11.3 Å². The third kappa shape index (κ3) is 2.86. The van der Waals surface area contributed by atoms with Crippen LogP contribution in [0.25, 0.3) is 21.0 Å². The van der Waals surface area contributed by atoms with Gasteiger partial charge in [0.05, 0.1) is 22.1 Å². The summed E-state index contributed by atoms with van der Waals surface area (Å²) in [5.41, 5.74) is 0.555. The molecular weight excluding hydrogens is 404 g/mol. The molecule has 2 aromatic carbocycles. The molecule has 0 fully saturated rings. The fourth-order valence-corrected chi connectivity index (χ4v) is 5.18. The molecule has 0 aliphatic heterocycles. The Morgan fingerprint density at radius 1 is 1.27 bits per heavy atom. The van der Waals surface area contributed by atoms with Crippen molar-refractivity contribution in [2.24, 2.45) is 5.10 Å². The van der Waals surface area contributed by atoms with Crippen LogP contribution in [0.15, 0.2) is 46.6 Å². The van der Waals surface area contributed by atoms with Crippen molar-refractivity contribution in [1.29, 1.82) is 0 Å². The van der Waals surface area contributed by atoms with E-state index >= 15 is 0 Å². The molecule has 0 spiro atoms. The number of aromatic nitrogens is 2. The van der Waals surface area contributed by atoms with Gasteiger partial charge in [0.15, 0.2) is 0 Å². The lowest BCUT2D eigenvalue weighted by Crippen LogP contribution is -2.18. The smallest absolute Gasteiger partial charge is 0.312 e. The maximum Gasteiger partial charge on any atom is 0.312 e. The fourth-order valence-electron chi connectivity index (χ4n) is 3.96. The zero-order valence-corrected chi connectivity index (χ0v) is 16.6. The molecule has 1 aliphatic carbocycles. The first kappa shape index (κ1) is 18.4. The van der Waals surface area contributed by atoms with Crippen molar-refractivity contribution in [3.8, 4) is 5.75 Å². The van der Waals surface area contributed by atoms with Crippen molar-refractivity contribution in [1.82, 2.24) is 9.66 Å². The highest BCUT2D eigenvalue weighted by Crippen LogP contribution is 2.36. The lowest BCUT2D eigenvalue weighted by molar-refractivity contribution is -0.385. The van der Waals surface area contributed by atoms with Crippen molar-refractivity contribution < 1.29 is 10.0 Å². The van der Waals surface area contributed by atoms with Gasteiger partial charge in [0.2, 0.25) is 5.75 Å². The van der Waals surface area contributed by atoms with E-state index < -0.39 is 16.4 Å². The van der Waals surface area contributed by atoms with Gasteiger partial charge in [-0.1, -0.05) is 24.3 Å². The summed E-state index contributed by atoms with van der Waals surface area (Å²) < 4.78 is 1.12. The average molecular weight is 420 g/mol. The lowest BCUT2D eigenvalue weighted by Gasteiger charge is -2.09. The van der Waals surface area contributed by atoms with Crippen LogP contribution in [0, 0.1) is 10.1 Å². The number of phenolic OH excluding ortho intramolecular Hbond substituents is 1. The molecule has 1 aliphatic rings. The summed E-state index contributed by atoms with van der Waals surface area (Å²) >= 11 is 1.56. The Labute approximate surface area is 173 Å². The van der Waals surface area contributed by atoms with Crippen molar-refractivity contribution in [2.75, 3.05) is 0 Å². The van der Waals surface area contributed by atoms with Crippen LogP contribution >= 0.6 is 11.3 Å². The standard InChI is InChI=1S/C21H16N4O4S/c26-19-15(13-6-2-1-5-12(13)9-16(19)25(28)29)10-23-24-11-22-20-18(21(24)27)14-7-3-4-8-17(14)30-20/h1-2,5-6,9-11,26H,3-4,7-8H2/b23-10-. The summed E-state index contributed by atoms with van der Waals surface area (Å²) in [5, 5.41) is 27.8. The van der Waals surface area contributed by atoms with Crippen molar-refractivity contribution >= 4 is 44.2 Å². The van der Waals surface area contributed by atoms with Crippen molar-refractivity contribution in [3.05, 3.63) is 73.1 Å². The van der Waals surface area contributed by atoms with Gasteiger partial charge in [-0.25, -0.2) is 4.98 Å². The molecule has 5 rings (SSSR count). The Hall–Kier alpha value is -3.59. The number of hydrogen-bond donors (Lipinski definition) is 1. The highest BCUT2D eigenvalue weighted by molar-refractivity contribution is 7.18. The van der Waals surface area contributed by atoms with Gasteiger partial charge >= 0.3 is 5.69 Å². The fraction of sp³-hybridized carbons (Fsp3) is 0.190. The number of phenols is 1. The van der Waals surface area contributed by atoms with E-state index in [2.05, 4.69) is 10.1 Å². The quantitative estimate of drug-likeness (QED) is 0.306. The van der Waals surface area contributed by atoms with E-state index in [0.717, 1.165) is 35.9 Å². The first-order valence-electron chi connectivity index (χ1n) is 9.50. The van der Waals surface area contributed by atoms with Crippen LogP contribution in [0.1, 0.15) is 28.8 Å². The summed E-state index contributed by atoms with van der Waals surface area (Å²) in [7, 11) is 0. The molecule has 0 saturated carbocycles. The second-order valence-corrected chi connectivity index (χ2v) is 8.25. The topological polar surface area (TPSA) is 111 Å². The Kier molecular flexibility index (Phi) is 4.32. The molecular formula is C21H16N4O4S. The predicted molar refractivity (Wildman–Crippen MR) is 116 cm³/mol. The maximum atomic E-state index is 13.1. The number of nitrogens with zero attached hydrogens (tertiary/aromatic N) is 4. The number of hydrogen-bond acceptors (Lipinski definition) is 7. The van der Waals surface area contributed by atoms with E-state index in [1.165, 1.54) is 23.5 Å². The summed E-state index contributed by atoms with van der Waals surface area (Å²) in [6.45, 7) is 0. The molecule has 0 amide bonds. The molecule has 4 aromatic rings. The molecule has 30 heavy (non-hydrogen) atoms. The number of thiophene rings is 1. The van der Waals surface area contributed by atoms with E-state index in [-0.39, 0.29) is 11.1 Å². The SMILES string of the molecule is O=c1c2c3c(sc2ncn1/N=C\c1c(O)c([N+](=O)[O-])cc2ccccc12)CCCC3. The molecule has 9 heteroatoms. The molecule has 2 aromatic heterocycles. The van der Waals surface area contributed by atoms with E-state index in [1.807, 2.05) is 0 Å². The van der Waals surface area contributed by atoms with Gasteiger partial charge in [0.25, 0.3) is 5.56 Å². The van der Waals surface area contributed by atoms with Crippen molar-refractivity contribution in [2.45, 2.75) is 25.7 Å². The van der Waals surface area contributed by atoms with E-state index in [1.54, 1.807) is 35.6 Å². The zero-order chi connectivity index (χ0) is 20.8. The second kappa shape index (κ2) is 7.03. The van der Waals surface area contributed by atoms with Gasteiger partial charge in [-0.3, -0.25) is 14.9 Å². The largest absolute Gasteiger partial charge is 0.502 e. The average Bonchev–Trinajstić information content (AvgIpc) is 3.13. The first-order chi connectivity index (χ1) is 14.5. The number of nitro groups is 1. The Morgan fingerprint density at radius 3 is 2.90 bits per heavy atom.